The van der Waals surface area contributed by atoms with E-state index in [4.69, 9.17) is 4.79 Å². The van der Waals surface area contributed by atoms with Crippen molar-refractivity contribution in [3.8, 4) is 22.4 Å². The molecule has 2 N–H and O–H groups in total. The van der Waals surface area contributed by atoms with Crippen molar-refractivity contribution in [3.05, 3.63) is 83.9 Å². The number of alkyl halides is 3. The summed E-state index contributed by atoms with van der Waals surface area (Å²) < 4.78 is 35.8. The molecule has 1 aromatic carbocycles. The van der Waals surface area contributed by atoms with Gasteiger partial charge in [-0.2, -0.15) is 18.3 Å². The molecule has 0 saturated heterocycles. The number of aldehydes is 2. The van der Waals surface area contributed by atoms with Gasteiger partial charge in [0.15, 0.2) is 6.29 Å². The molecule has 3 heterocycles. The molecule has 0 saturated carbocycles. The number of nitrogens with zero attached hydrogens (tertiary/aromatic N) is 4. The van der Waals surface area contributed by atoms with Crippen LogP contribution in [0.25, 0.3) is 22.4 Å². The highest BCUT2D eigenvalue weighted by Crippen LogP contribution is 2.30. The summed E-state index contributed by atoms with van der Waals surface area (Å²) >= 11 is 0. The van der Waals surface area contributed by atoms with E-state index in [-0.39, 0.29) is 12.0 Å². The van der Waals surface area contributed by atoms with Gasteiger partial charge in [-0.1, -0.05) is 6.07 Å². The minimum absolute atomic E-state index is 0.211. The highest BCUT2D eigenvalue weighted by atomic mass is 19.4. The average Bonchev–Trinajstić information content (AvgIpc) is 2.94. The van der Waals surface area contributed by atoms with Crippen LogP contribution in [0.4, 0.5) is 24.7 Å². The zero-order chi connectivity index (χ0) is 28.1. The first-order chi connectivity index (χ1) is 18.2. The number of hydrogen-bond acceptors (Lipinski definition) is 8. The van der Waals surface area contributed by atoms with Gasteiger partial charge < -0.3 is 15.4 Å². The van der Waals surface area contributed by atoms with Crippen molar-refractivity contribution in [2.75, 3.05) is 24.7 Å². The third-order valence-corrected chi connectivity index (χ3v) is 5.03. The molecule has 38 heavy (non-hydrogen) atoms. The Morgan fingerprint density at radius 2 is 1.55 bits per heavy atom. The van der Waals surface area contributed by atoms with Gasteiger partial charge in [0.2, 0.25) is 0 Å². The largest absolute Gasteiger partial charge is 0.418 e. The first kappa shape index (κ1) is 29.6. The number of aryl methyl sites for hydroxylation is 1. The van der Waals surface area contributed by atoms with Crippen LogP contribution in [-0.2, 0) is 11.0 Å². The van der Waals surface area contributed by atoms with Gasteiger partial charge in [-0.25, -0.2) is 4.98 Å². The van der Waals surface area contributed by atoms with Gasteiger partial charge in [0.1, 0.15) is 17.8 Å². The van der Waals surface area contributed by atoms with Crippen LogP contribution in [0.2, 0.25) is 0 Å². The third kappa shape index (κ3) is 8.47. The number of pyridine rings is 2. The molecule has 0 fully saturated rings. The van der Waals surface area contributed by atoms with Crippen molar-refractivity contribution in [3.63, 3.8) is 0 Å². The molecule has 11 heteroatoms. The van der Waals surface area contributed by atoms with E-state index in [1.807, 2.05) is 38.5 Å². The Balaban J connectivity index is 0.000000284. The fourth-order valence-corrected chi connectivity index (χ4v) is 3.17. The fourth-order valence-electron chi connectivity index (χ4n) is 3.17. The molecule has 0 radical (unpaired) electrons. The number of hydrogen-bond donors (Lipinski definition) is 2. The first-order valence-corrected chi connectivity index (χ1v) is 11.3. The van der Waals surface area contributed by atoms with Gasteiger partial charge in [-0.05, 0) is 73.0 Å². The topological polar surface area (TPSA) is 110 Å². The monoisotopic (exact) mass is 524 g/mol. The summed E-state index contributed by atoms with van der Waals surface area (Å²) in [6.45, 7) is 3.57. The van der Waals surface area contributed by atoms with Gasteiger partial charge >= 0.3 is 6.18 Å². The Labute approximate surface area is 218 Å². The minimum atomic E-state index is -4.48. The smallest absolute Gasteiger partial charge is 0.388 e. The number of aromatic nitrogens is 4. The Kier molecular flexibility index (Phi) is 11.0. The standard InChI is InChI=1S/C19H20N4.C6H3F3N2O.C2H4O/c1-13-4-5-16(20-2)12-17(13)14-6-8-22-18(10-14)15-7-9-23-19(11-15)21-3;7-6(8,9)4-1-5(3-12)11-10-2-4;1-2-3/h4-12,20H,1-3H3,(H,21,23);1-3H;2H,1H3. The molecule has 8 nitrogen and oxygen atoms in total. The second-order valence-electron chi connectivity index (χ2n) is 7.61. The Hall–Kier alpha value is -4.67. The Morgan fingerprint density at radius 1 is 0.868 bits per heavy atom. The Morgan fingerprint density at radius 3 is 2.18 bits per heavy atom. The zero-order valence-electron chi connectivity index (χ0n) is 21.2. The van der Waals surface area contributed by atoms with Gasteiger partial charge in [0.05, 0.1) is 17.5 Å². The van der Waals surface area contributed by atoms with Gasteiger partial charge in [-0.15, -0.1) is 5.10 Å². The quantitative estimate of drug-likeness (QED) is 0.319. The molecule has 0 bridgehead atoms. The van der Waals surface area contributed by atoms with Crippen LogP contribution in [-0.4, -0.2) is 46.8 Å². The molecular weight excluding hydrogens is 497 g/mol. The van der Waals surface area contributed by atoms with Gasteiger partial charge in [0.25, 0.3) is 0 Å². The van der Waals surface area contributed by atoms with E-state index in [1.54, 1.807) is 6.20 Å². The lowest BCUT2D eigenvalue weighted by molar-refractivity contribution is -0.138. The summed E-state index contributed by atoms with van der Waals surface area (Å²) in [7, 11) is 3.80. The second-order valence-corrected chi connectivity index (χ2v) is 7.61. The van der Waals surface area contributed by atoms with Crippen LogP contribution in [0.15, 0.2) is 67.1 Å². The van der Waals surface area contributed by atoms with Crippen molar-refractivity contribution in [1.29, 1.82) is 0 Å². The SMILES string of the molecule is CC=O.CNc1ccc(C)c(-c2ccnc(-c3ccnc(NC)c3)c2)c1.O=Cc1cc(C(F)(F)F)cnn1. The first-order valence-electron chi connectivity index (χ1n) is 11.3. The molecule has 0 atom stereocenters. The van der Waals surface area contributed by atoms with Crippen molar-refractivity contribution < 1.29 is 22.8 Å². The van der Waals surface area contributed by atoms with E-state index in [1.165, 1.54) is 18.1 Å². The van der Waals surface area contributed by atoms with E-state index in [0.717, 1.165) is 34.6 Å². The summed E-state index contributed by atoms with van der Waals surface area (Å²) in [6, 6.07) is 15.2. The molecule has 4 rings (SSSR count). The number of carbonyl (C=O) groups is 2. The second kappa shape index (κ2) is 14.2. The molecule has 0 unspecified atom stereocenters. The van der Waals surface area contributed by atoms with E-state index in [0.29, 0.717) is 12.3 Å². The van der Waals surface area contributed by atoms with E-state index in [2.05, 4.69) is 62.0 Å². The maximum Gasteiger partial charge on any atom is 0.418 e. The molecule has 0 amide bonds. The molecule has 0 spiro atoms. The lowest BCUT2D eigenvalue weighted by Gasteiger charge is -2.11. The molecular formula is C27H27F3N6O2. The Bertz CT molecular complexity index is 1360. The minimum Gasteiger partial charge on any atom is -0.388 e. The summed E-state index contributed by atoms with van der Waals surface area (Å²) in [5, 5.41) is 12.4. The van der Waals surface area contributed by atoms with Crippen LogP contribution < -0.4 is 10.6 Å². The lowest BCUT2D eigenvalue weighted by Crippen LogP contribution is -2.07. The normalized spacial score (nSPS) is 10.2. The van der Waals surface area contributed by atoms with Crippen LogP contribution in [0, 0.1) is 6.92 Å². The number of anilines is 2. The average molecular weight is 525 g/mol. The summed E-state index contributed by atoms with van der Waals surface area (Å²) in [4.78, 5) is 27.6. The summed E-state index contributed by atoms with van der Waals surface area (Å²) in [6.07, 6.45) is 0.695. The highest BCUT2D eigenvalue weighted by Gasteiger charge is 2.31. The predicted molar refractivity (Wildman–Crippen MR) is 141 cm³/mol. The molecule has 198 valence electrons. The van der Waals surface area contributed by atoms with Crippen LogP contribution in [0.3, 0.4) is 0 Å². The van der Waals surface area contributed by atoms with Crippen molar-refractivity contribution in [2.45, 2.75) is 20.0 Å². The highest BCUT2D eigenvalue weighted by molar-refractivity contribution is 5.75. The van der Waals surface area contributed by atoms with Crippen molar-refractivity contribution in [1.82, 2.24) is 20.2 Å². The molecule has 0 aliphatic carbocycles. The molecule has 4 aromatic rings. The van der Waals surface area contributed by atoms with Gasteiger partial charge in [0, 0.05) is 37.7 Å². The number of benzene rings is 1. The molecule has 0 aliphatic rings. The predicted octanol–water partition coefficient (Wildman–Crippen LogP) is 5.72. The third-order valence-electron chi connectivity index (χ3n) is 5.03. The van der Waals surface area contributed by atoms with Crippen LogP contribution in [0.5, 0.6) is 0 Å². The van der Waals surface area contributed by atoms with Gasteiger partial charge in [-0.3, -0.25) is 9.78 Å². The summed E-state index contributed by atoms with van der Waals surface area (Å²) in [5.74, 6) is 0.836. The van der Waals surface area contributed by atoms with Crippen molar-refractivity contribution >= 4 is 24.1 Å². The number of nitrogens with one attached hydrogen (secondary N) is 2. The maximum atomic E-state index is 11.9. The van der Waals surface area contributed by atoms with Crippen LogP contribution >= 0.6 is 0 Å². The lowest BCUT2D eigenvalue weighted by atomic mass is 9.99. The molecule has 0 aliphatic heterocycles. The van der Waals surface area contributed by atoms with Crippen molar-refractivity contribution in [2.24, 2.45) is 0 Å². The fraction of sp³-hybridized carbons (Fsp3) is 0.185. The number of rotatable bonds is 5. The molecule has 3 aromatic heterocycles. The zero-order valence-corrected chi connectivity index (χ0v) is 21.2. The summed E-state index contributed by atoms with van der Waals surface area (Å²) in [5.41, 5.74) is 5.40. The number of halogens is 3. The van der Waals surface area contributed by atoms with Crippen LogP contribution in [0.1, 0.15) is 28.5 Å². The maximum absolute atomic E-state index is 11.9. The van der Waals surface area contributed by atoms with E-state index >= 15 is 0 Å². The van der Waals surface area contributed by atoms with E-state index in [9.17, 15) is 18.0 Å². The number of carbonyl (C=O) groups excluding carboxylic acids is 2. The van der Waals surface area contributed by atoms with E-state index < -0.39 is 11.7 Å².